The average molecular weight is 707 g/mol. The molecular weight excluding hydrogens is 666 g/mol. The number of cyclic esters (lactones) is 1. The Kier molecular flexibility index (Phi) is 9.17. The molecule has 0 saturated carbocycles. The number of hydrogen-bond donors (Lipinski definition) is 2. The molecular formula is C36H40BrN3O7. The first-order valence-electron chi connectivity index (χ1n) is 16.0. The minimum atomic E-state index is -1.50. The van der Waals surface area contributed by atoms with Crippen LogP contribution in [-0.2, 0) is 28.7 Å². The number of amides is 3. The molecule has 2 saturated heterocycles. The van der Waals surface area contributed by atoms with Gasteiger partial charge in [-0.15, -0.1) is 0 Å². The molecule has 5 bridgehead atoms. The Balaban J connectivity index is 1.50. The molecule has 10 nitrogen and oxygen atoms in total. The van der Waals surface area contributed by atoms with Crippen LogP contribution in [0.5, 0.6) is 0 Å². The van der Waals surface area contributed by atoms with Gasteiger partial charge in [-0.1, -0.05) is 88.7 Å². The van der Waals surface area contributed by atoms with E-state index in [1.807, 2.05) is 81.5 Å². The van der Waals surface area contributed by atoms with Crippen molar-refractivity contribution in [3.8, 4) is 0 Å². The van der Waals surface area contributed by atoms with E-state index in [0.29, 0.717) is 22.0 Å². The maximum Gasteiger partial charge on any atom is 0.313 e. The molecule has 2 aromatic rings. The number of aliphatic hydroxyl groups excluding tert-OH is 1. The Hall–Kier alpha value is -3.80. The lowest BCUT2D eigenvalue weighted by atomic mass is 9.74. The first-order valence-corrected chi connectivity index (χ1v) is 16.8. The summed E-state index contributed by atoms with van der Waals surface area (Å²) in [6.07, 6.45) is 4.45. The minimum absolute atomic E-state index is 0.0446. The molecule has 248 valence electrons. The normalized spacial score (nSPS) is 31.3. The summed E-state index contributed by atoms with van der Waals surface area (Å²) in [6.45, 7) is 5.55. The fourth-order valence-corrected chi connectivity index (χ4v) is 8.07. The lowest BCUT2D eigenvalue weighted by Crippen LogP contribution is -2.60. The summed E-state index contributed by atoms with van der Waals surface area (Å²) in [5.41, 5.74) is -0.837. The number of carbonyl (C=O) groups is 4. The first-order chi connectivity index (χ1) is 22.5. The summed E-state index contributed by atoms with van der Waals surface area (Å²) in [7, 11) is 0. The number of nitrogens with one attached hydrogen (secondary N) is 1. The van der Waals surface area contributed by atoms with Crippen LogP contribution in [0.1, 0.15) is 56.9 Å². The van der Waals surface area contributed by atoms with Gasteiger partial charge in [0.1, 0.15) is 29.8 Å². The monoisotopic (exact) mass is 705 g/mol. The van der Waals surface area contributed by atoms with E-state index in [-0.39, 0.29) is 31.3 Å². The molecule has 2 aromatic carbocycles. The van der Waals surface area contributed by atoms with E-state index in [1.165, 1.54) is 4.90 Å². The number of carbonyl (C=O) groups excluding carboxylic acids is 4. The lowest BCUT2D eigenvalue weighted by Gasteiger charge is -2.43. The highest BCUT2D eigenvalue weighted by atomic mass is 79.9. The summed E-state index contributed by atoms with van der Waals surface area (Å²) >= 11 is 3.59. The number of aliphatic hydroxyl groups is 1. The number of rotatable bonds is 4. The highest BCUT2D eigenvalue weighted by Gasteiger charge is 2.75. The Bertz CT molecular complexity index is 1590. The third kappa shape index (κ3) is 5.93. The van der Waals surface area contributed by atoms with Crippen molar-refractivity contribution in [2.75, 3.05) is 19.7 Å². The van der Waals surface area contributed by atoms with E-state index < -0.39 is 65.8 Å². The van der Waals surface area contributed by atoms with Gasteiger partial charge in [0.2, 0.25) is 17.7 Å². The SMILES string of the molecule is CC(C)(C)N1C/C=C\CCC(=O)NC[C@H](c2ccccc2)OC(=O)[C@H]2[C@@H]3O[C@@]4(C=C3Br)[C@@H]2C(=O)N([C@H](CO)c2ccccc2)[C@@H]4C1=O. The summed E-state index contributed by atoms with van der Waals surface area (Å²) < 4.78 is 13.3. The Morgan fingerprint density at radius 1 is 1.00 bits per heavy atom. The van der Waals surface area contributed by atoms with Crippen LogP contribution in [0.3, 0.4) is 0 Å². The van der Waals surface area contributed by atoms with Crippen molar-refractivity contribution >= 4 is 39.6 Å². The Morgan fingerprint density at radius 3 is 2.34 bits per heavy atom. The average Bonchev–Trinajstić information content (AvgIpc) is 3.64. The molecule has 4 aliphatic heterocycles. The van der Waals surface area contributed by atoms with Gasteiger partial charge in [-0.05, 0) is 44.4 Å². The van der Waals surface area contributed by atoms with Crippen LogP contribution in [0.25, 0.3) is 0 Å². The van der Waals surface area contributed by atoms with Crippen LogP contribution in [0.4, 0.5) is 0 Å². The number of esters is 1. The highest BCUT2D eigenvalue weighted by Crippen LogP contribution is 2.60. The van der Waals surface area contributed by atoms with Gasteiger partial charge in [-0.2, -0.15) is 0 Å². The van der Waals surface area contributed by atoms with Crippen LogP contribution in [0, 0.1) is 11.8 Å². The number of halogens is 1. The molecule has 11 heteroatoms. The fourth-order valence-electron chi connectivity index (χ4n) is 7.33. The molecule has 1 spiro atoms. The van der Waals surface area contributed by atoms with Gasteiger partial charge >= 0.3 is 5.97 Å². The van der Waals surface area contributed by atoms with Gasteiger partial charge < -0.3 is 29.7 Å². The van der Waals surface area contributed by atoms with E-state index in [0.717, 1.165) is 0 Å². The molecule has 4 heterocycles. The van der Waals surface area contributed by atoms with Crippen LogP contribution in [0.2, 0.25) is 0 Å². The van der Waals surface area contributed by atoms with Crippen LogP contribution in [-0.4, -0.2) is 81.6 Å². The second-order valence-electron chi connectivity index (χ2n) is 13.5. The molecule has 2 N–H and O–H groups in total. The van der Waals surface area contributed by atoms with E-state index in [4.69, 9.17) is 9.47 Å². The zero-order valence-electron chi connectivity index (χ0n) is 26.7. The van der Waals surface area contributed by atoms with Crippen molar-refractivity contribution in [1.82, 2.24) is 15.1 Å². The number of allylic oxidation sites excluding steroid dienone is 1. The Labute approximate surface area is 282 Å². The lowest BCUT2D eigenvalue weighted by molar-refractivity contribution is -0.161. The van der Waals surface area contributed by atoms with E-state index in [2.05, 4.69) is 21.2 Å². The van der Waals surface area contributed by atoms with Gasteiger partial charge in [-0.25, -0.2) is 0 Å². The molecule has 47 heavy (non-hydrogen) atoms. The van der Waals surface area contributed by atoms with Crippen LogP contribution >= 0.6 is 15.9 Å². The molecule has 2 fully saturated rings. The topological polar surface area (TPSA) is 125 Å². The standard InChI is InChI=1S/C36H40BrN3O7/c1-35(2,3)39-18-12-6-11-17-27(42)38-20-26(23-15-9-5-10-16-23)46-34(45)28-29-32(43)40(25(21-41)22-13-7-4-8-14-22)31(33(39)44)36(29)19-24(37)30(28)47-36/h4-10,12-16,19,25-26,28-31,41H,11,17-18,20-21H2,1-3H3,(H,38,42)/b12-6-/t25-,26-,28-,29+,30-,31-,36+/m1/s1. The number of ether oxygens (including phenoxy) is 2. The number of hydrogen-bond acceptors (Lipinski definition) is 7. The second kappa shape index (κ2) is 13.0. The van der Waals surface area contributed by atoms with E-state index in [9.17, 15) is 24.3 Å². The largest absolute Gasteiger partial charge is 0.455 e. The maximum atomic E-state index is 15.0. The van der Waals surface area contributed by atoms with Gasteiger partial charge in [0, 0.05) is 23.0 Å². The fraction of sp³-hybridized carbons (Fsp3) is 0.444. The summed E-state index contributed by atoms with van der Waals surface area (Å²) in [5, 5.41) is 13.7. The Morgan fingerprint density at radius 2 is 1.68 bits per heavy atom. The smallest absolute Gasteiger partial charge is 0.313 e. The van der Waals surface area contributed by atoms with Gasteiger partial charge in [0.05, 0.1) is 25.1 Å². The van der Waals surface area contributed by atoms with Gasteiger partial charge in [0.15, 0.2) is 0 Å². The molecule has 7 atom stereocenters. The third-order valence-corrected chi connectivity index (χ3v) is 10.2. The summed E-state index contributed by atoms with van der Waals surface area (Å²) in [6, 6.07) is 16.1. The maximum absolute atomic E-state index is 15.0. The molecule has 0 radical (unpaired) electrons. The molecule has 0 aromatic heterocycles. The van der Waals surface area contributed by atoms with Crippen molar-refractivity contribution in [3.05, 3.63) is 94.5 Å². The first kappa shape index (κ1) is 33.1. The van der Waals surface area contributed by atoms with E-state index >= 15 is 0 Å². The second-order valence-corrected chi connectivity index (χ2v) is 14.4. The van der Waals surface area contributed by atoms with Gasteiger partial charge in [0.25, 0.3) is 0 Å². The number of nitrogens with zero attached hydrogens (tertiary/aromatic N) is 2. The van der Waals surface area contributed by atoms with Gasteiger partial charge in [-0.3, -0.25) is 19.2 Å². The predicted molar refractivity (Wildman–Crippen MR) is 177 cm³/mol. The van der Waals surface area contributed by atoms with Crippen molar-refractivity contribution in [2.45, 2.75) is 69.0 Å². The molecule has 3 amide bonds. The zero-order chi connectivity index (χ0) is 33.5. The number of fused-ring (bicyclic) bond motifs is 2. The quantitative estimate of drug-likeness (QED) is 0.364. The summed E-state index contributed by atoms with van der Waals surface area (Å²) in [4.78, 5) is 59.9. The molecule has 4 aliphatic rings. The third-order valence-electron chi connectivity index (χ3n) is 9.55. The van der Waals surface area contributed by atoms with Crippen molar-refractivity contribution in [3.63, 3.8) is 0 Å². The van der Waals surface area contributed by atoms with Crippen LogP contribution < -0.4 is 5.32 Å². The van der Waals surface area contributed by atoms with Crippen LogP contribution in [0.15, 0.2) is 83.4 Å². The zero-order valence-corrected chi connectivity index (χ0v) is 28.3. The molecule has 0 unspecified atom stereocenters. The highest BCUT2D eigenvalue weighted by molar-refractivity contribution is 9.11. The summed E-state index contributed by atoms with van der Waals surface area (Å²) in [5.74, 6) is -3.89. The molecule has 6 rings (SSSR count). The van der Waals surface area contributed by atoms with Crippen molar-refractivity contribution in [2.24, 2.45) is 11.8 Å². The predicted octanol–water partition coefficient (Wildman–Crippen LogP) is 3.97. The minimum Gasteiger partial charge on any atom is -0.455 e. The number of benzene rings is 2. The van der Waals surface area contributed by atoms with Crippen molar-refractivity contribution < 1.29 is 33.8 Å². The van der Waals surface area contributed by atoms with E-state index in [1.54, 1.807) is 23.1 Å². The number of likely N-dealkylation sites (tertiary alicyclic amines) is 1. The van der Waals surface area contributed by atoms with Crippen molar-refractivity contribution in [1.29, 1.82) is 0 Å². The molecule has 0 aliphatic carbocycles.